The molecule has 0 aliphatic carbocycles. The topological polar surface area (TPSA) is 93.5 Å². The standard InChI is InChI=1S/C28H34N4O4/c1-6-36-26(35)17-16-25(34)31(19(2)3)18-24(33)29-28-27(22-10-8-7-9-11-22)21(5)30-32(28)23-14-12-20(4)13-15-23/h7-15,19H,6,16-18H2,1-5H3,(H,29,33). The maximum Gasteiger partial charge on any atom is 0.306 e. The molecule has 0 bridgehead atoms. The summed E-state index contributed by atoms with van der Waals surface area (Å²) in [6.45, 7) is 9.43. The van der Waals surface area contributed by atoms with Gasteiger partial charge in [-0.05, 0) is 52.3 Å². The summed E-state index contributed by atoms with van der Waals surface area (Å²) >= 11 is 0. The van der Waals surface area contributed by atoms with Gasteiger partial charge in [0.1, 0.15) is 12.4 Å². The first kappa shape index (κ1) is 26.7. The zero-order valence-electron chi connectivity index (χ0n) is 21.6. The summed E-state index contributed by atoms with van der Waals surface area (Å²) in [4.78, 5) is 39.2. The molecule has 190 valence electrons. The van der Waals surface area contributed by atoms with Crippen LogP contribution in [0.4, 0.5) is 5.82 Å². The van der Waals surface area contributed by atoms with Crippen molar-refractivity contribution in [1.82, 2.24) is 14.7 Å². The molecule has 3 aromatic rings. The number of rotatable bonds is 10. The molecule has 1 aromatic heterocycles. The zero-order valence-corrected chi connectivity index (χ0v) is 21.6. The Morgan fingerprint density at radius 2 is 1.67 bits per heavy atom. The highest BCUT2D eigenvalue weighted by Crippen LogP contribution is 2.33. The minimum absolute atomic E-state index is 0.0139. The van der Waals surface area contributed by atoms with Crippen LogP contribution in [0.15, 0.2) is 54.6 Å². The largest absolute Gasteiger partial charge is 0.466 e. The van der Waals surface area contributed by atoms with Crippen molar-refractivity contribution in [3.8, 4) is 16.8 Å². The van der Waals surface area contributed by atoms with E-state index >= 15 is 0 Å². The minimum atomic E-state index is -0.427. The van der Waals surface area contributed by atoms with Gasteiger partial charge in [0.05, 0.1) is 24.4 Å². The van der Waals surface area contributed by atoms with E-state index in [2.05, 4.69) is 5.32 Å². The number of carbonyl (C=O) groups is 3. The van der Waals surface area contributed by atoms with Gasteiger partial charge in [0.25, 0.3) is 0 Å². The quantitative estimate of drug-likeness (QED) is 0.417. The normalized spacial score (nSPS) is 10.8. The fourth-order valence-corrected chi connectivity index (χ4v) is 3.94. The van der Waals surface area contributed by atoms with Crippen LogP contribution >= 0.6 is 0 Å². The van der Waals surface area contributed by atoms with Crippen molar-refractivity contribution < 1.29 is 19.1 Å². The third-order valence-corrected chi connectivity index (χ3v) is 5.77. The van der Waals surface area contributed by atoms with Gasteiger partial charge in [-0.1, -0.05) is 48.0 Å². The Morgan fingerprint density at radius 1 is 1.00 bits per heavy atom. The number of esters is 1. The number of nitrogens with zero attached hydrogens (tertiary/aromatic N) is 3. The van der Waals surface area contributed by atoms with Crippen LogP contribution < -0.4 is 5.32 Å². The van der Waals surface area contributed by atoms with E-state index in [4.69, 9.17) is 9.84 Å². The van der Waals surface area contributed by atoms with Crippen LogP contribution in [-0.2, 0) is 19.1 Å². The number of anilines is 1. The van der Waals surface area contributed by atoms with Gasteiger partial charge in [0, 0.05) is 18.0 Å². The van der Waals surface area contributed by atoms with E-state index in [1.54, 1.807) is 11.6 Å². The van der Waals surface area contributed by atoms with Gasteiger partial charge in [0.2, 0.25) is 11.8 Å². The first-order valence-electron chi connectivity index (χ1n) is 12.2. The van der Waals surface area contributed by atoms with Crippen molar-refractivity contribution in [2.75, 3.05) is 18.5 Å². The van der Waals surface area contributed by atoms with Crippen molar-refractivity contribution in [1.29, 1.82) is 0 Å². The summed E-state index contributed by atoms with van der Waals surface area (Å²) in [5.41, 5.74) is 4.44. The van der Waals surface area contributed by atoms with Crippen LogP contribution in [0.25, 0.3) is 16.8 Å². The highest BCUT2D eigenvalue weighted by molar-refractivity contribution is 5.98. The molecule has 0 atom stereocenters. The Kier molecular flexibility index (Phi) is 9.00. The summed E-state index contributed by atoms with van der Waals surface area (Å²) in [6.07, 6.45) is -0.0327. The number of nitrogens with one attached hydrogen (secondary N) is 1. The molecule has 0 aliphatic heterocycles. The van der Waals surface area contributed by atoms with Gasteiger partial charge in [-0.2, -0.15) is 5.10 Å². The van der Waals surface area contributed by atoms with Crippen molar-refractivity contribution >= 4 is 23.6 Å². The van der Waals surface area contributed by atoms with E-state index < -0.39 is 5.97 Å². The van der Waals surface area contributed by atoms with Gasteiger partial charge >= 0.3 is 5.97 Å². The van der Waals surface area contributed by atoms with E-state index in [0.717, 1.165) is 28.1 Å². The molecule has 0 saturated heterocycles. The molecule has 1 N–H and O–H groups in total. The lowest BCUT2D eigenvalue weighted by atomic mass is 10.1. The monoisotopic (exact) mass is 490 g/mol. The summed E-state index contributed by atoms with van der Waals surface area (Å²) in [7, 11) is 0. The van der Waals surface area contributed by atoms with Crippen LogP contribution in [0.2, 0.25) is 0 Å². The Balaban J connectivity index is 1.89. The maximum absolute atomic E-state index is 13.3. The van der Waals surface area contributed by atoms with Crippen LogP contribution in [0.5, 0.6) is 0 Å². The Labute approximate surface area is 212 Å². The highest BCUT2D eigenvalue weighted by Gasteiger charge is 2.24. The number of aryl methyl sites for hydroxylation is 2. The molecule has 0 fully saturated rings. The first-order valence-corrected chi connectivity index (χ1v) is 12.2. The lowest BCUT2D eigenvalue weighted by molar-refractivity contribution is -0.146. The second-order valence-corrected chi connectivity index (χ2v) is 8.89. The third kappa shape index (κ3) is 6.59. The number of amides is 2. The minimum Gasteiger partial charge on any atom is -0.466 e. The molecule has 0 radical (unpaired) electrons. The van der Waals surface area contributed by atoms with Gasteiger partial charge < -0.3 is 15.0 Å². The fourth-order valence-electron chi connectivity index (χ4n) is 3.94. The van der Waals surface area contributed by atoms with E-state index in [1.807, 2.05) is 82.3 Å². The SMILES string of the molecule is CCOC(=O)CCC(=O)N(CC(=O)Nc1c(-c2ccccc2)c(C)nn1-c1ccc(C)cc1)C(C)C. The van der Waals surface area contributed by atoms with Crippen LogP contribution in [0.3, 0.4) is 0 Å². The van der Waals surface area contributed by atoms with Crippen LogP contribution in [0, 0.1) is 13.8 Å². The molecule has 36 heavy (non-hydrogen) atoms. The molecule has 3 rings (SSSR count). The zero-order chi connectivity index (χ0) is 26.2. The van der Waals surface area contributed by atoms with Crippen molar-refractivity contribution in [3.63, 3.8) is 0 Å². The van der Waals surface area contributed by atoms with E-state index in [9.17, 15) is 14.4 Å². The smallest absolute Gasteiger partial charge is 0.306 e. The second kappa shape index (κ2) is 12.2. The molecule has 8 nitrogen and oxygen atoms in total. The molecule has 8 heteroatoms. The molecular weight excluding hydrogens is 456 g/mol. The number of carbonyl (C=O) groups excluding carboxylic acids is 3. The first-order chi connectivity index (χ1) is 17.2. The molecule has 1 heterocycles. The van der Waals surface area contributed by atoms with Gasteiger partial charge in [-0.3, -0.25) is 14.4 Å². The Hall–Kier alpha value is -3.94. The van der Waals surface area contributed by atoms with Crippen molar-refractivity contribution in [2.24, 2.45) is 0 Å². The van der Waals surface area contributed by atoms with Crippen LogP contribution in [-0.4, -0.2) is 51.7 Å². The molecule has 0 spiro atoms. The summed E-state index contributed by atoms with van der Waals surface area (Å²) < 4.78 is 6.63. The number of ether oxygens (including phenoxy) is 1. The average molecular weight is 491 g/mol. The maximum atomic E-state index is 13.3. The molecule has 2 amide bonds. The van der Waals surface area contributed by atoms with Crippen molar-refractivity contribution in [3.05, 3.63) is 65.9 Å². The van der Waals surface area contributed by atoms with E-state index in [-0.39, 0.29) is 43.8 Å². The summed E-state index contributed by atoms with van der Waals surface area (Å²) in [6, 6.07) is 17.4. The van der Waals surface area contributed by atoms with Crippen molar-refractivity contribution in [2.45, 2.75) is 53.5 Å². The third-order valence-electron chi connectivity index (χ3n) is 5.77. The fraction of sp³-hybridized carbons (Fsp3) is 0.357. The molecular formula is C28H34N4O4. The lowest BCUT2D eigenvalue weighted by Crippen LogP contribution is -2.42. The van der Waals surface area contributed by atoms with Crippen LogP contribution in [0.1, 0.15) is 44.9 Å². The average Bonchev–Trinajstić information content (AvgIpc) is 3.17. The van der Waals surface area contributed by atoms with Gasteiger partial charge in [-0.25, -0.2) is 4.68 Å². The van der Waals surface area contributed by atoms with E-state index in [1.165, 1.54) is 4.90 Å². The number of benzene rings is 2. The molecule has 0 aliphatic rings. The summed E-state index contributed by atoms with van der Waals surface area (Å²) in [5, 5.41) is 7.74. The highest BCUT2D eigenvalue weighted by atomic mass is 16.5. The van der Waals surface area contributed by atoms with Gasteiger partial charge in [-0.15, -0.1) is 0 Å². The molecule has 0 saturated carbocycles. The predicted molar refractivity (Wildman–Crippen MR) is 140 cm³/mol. The number of hydrogen-bond donors (Lipinski definition) is 1. The molecule has 0 unspecified atom stereocenters. The Morgan fingerprint density at radius 3 is 2.28 bits per heavy atom. The van der Waals surface area contributed by atoms with Gasteiger partial charge in [0.15, 0.2) is 0 Å². The summed E-state index contributed by atoms with van der Waals surface area (Å²) in [5.74, 6) is -0.516. The number of aromatic nitrogens is 2. The predicted octanol–water partition coefficient (Wildman–Crippen LogP) is 4.67. The second-order valence-electron chi connectivity index (χ2n) is 8.89. The lowest BCUT2D eigenvalue weighted by Gasteiger charge is -2.26. The molecule has 2 aromatic carbocycles. The number of hydrogen-bond acceptors (Lipinski definition) is 5. The Bertz CT molecular complexity index is 1200. The van der Waals surface area contributed by atoms with E-state index in [0.29, 0.717) is 5.82 Å².